The van der Waals surface area contributed by atoms with Crippen molar-refractivity contribution in [1.29, 1.82) is 0 Å². The van der Waals surface area contributed by atoms with Gasteiger partial charge in [0.25, 0.3) is 0 Å². The van der Waals surface area contributed by atoms with Crippen LogP contribution in [0, 0.1) is 0 Å². The molecule has 1 spiro atoms. The molecule has 9 heteroatoms. The van der Waals surface area contributed by atoms with Crippen LogP contribution in [0.25, 0.3) is 0 Å². The Bertz CT molecular complexity index is 757. The SMILES string of the molecule is CC(C)(C)OC(=O)N1CCC2(CC1)c1nc[nH]c1CCN2S(C)(=O)=O. The molecule has 1 aromatic rings. The van der Waals surface area contributed by atoms with Crippen molar-refractivity contribution in [3.63, 3.8) is 0 Å². The number of carbonyl (C=O) groups excluding carboxylic acids is 1. The molecular formula is C16H26N4O4S. The number of amides is 1. The highest BCUT2D eigenvalue weighted by Gasteiger charge is 2.50. The number of H-pyrrole nitrogens is 1. The molecule has 0 bridgehead atoms. The maximum atomic E-state index is 12.4. The summed E-state index contributed by atoms with van der Waals surface area (Å²) in [5.74, 6) is 0. The van der Waals surface area contributed by atoms with Crippen LogP contribution in [0.5, 0.6) is 0 Å². The zero-order valence-corrected chi connectivity index (χ0v) is 16.0. The molecule has 0 aliphatic carbocycles. The number of piperidine rings is 1. The van der Waals surface area contributed by atoms with Crippen LogP contribution in [0.4, 0.5) is 4.79 Å². The minimum atomic E-state index is -3.38. The van der Waals surface area contributed by atoms with Gasteiger partial charge in [0.05, 0.1) is 23.8 Å². The van der Waals surface area contributed by atoms with Crippen molar-refractivity contribution in [2.45, 2.75) is 51.2 Å². The first kappa shape index (κ1) is 18.2. The van der Waals surface area contributed by atoms with E-state index in [1.165, 1.54) is 6.26 Å². The number of hydrogen-bond donors (Lipinski definition) is 1. The summed E-state index contributed by atoms with van der Waals surface area (Å²) in [4.78, 5) is 21.5. The molecule has 8 nitrogen and oxygen atoms in total. The average Bonchev–Trinajstić information content (AvgIpc) is 2.95. The molecule has 1 aromatic heterocycles. The Kier molecular flexibility index (Phi) is 4.35. The number of aromatic nitrogens is 2. The summed E-state index contributed by atoms with van der Waals surface area (Å²) in [5, 5.41) is 0. The molecule has 0 radical (unpaired) electrons. The van der Waals surface area contributed by atoms with Gasteiger partial charge in [0.1, 0.15) is 5.60 Å². The summed E-state index contributed by atoms with van der Waals surface area (Å²) in [7, 11) is -3.38. The summed E-state index contributed by atoms with van der Waals surface area (Å²) in [6.07, 6.45) is 4.16. The van der Waals surface area contributed by atoms with E-state index in [4.69, 9.17) is 4.74 Å². The molecular weight excluding hydrogens is 344 g/mol. The summed E-state index contributed by atoms with van der Waals surface area (Å²) < 4.78 is 31.8. The third-order valence-electron chi connectivity index (χ3n) is 4.84. The van der Waals surface area contributed by atoms with Gasteiger partial charge in [-0.1, -0.05) is 0 Å². The van der Waals surface area contributed by atoms with Crippen LogP contribution in [-0.4, -0.2) is 65.2 Å². The standard InChI is InChI=1S/C16H26N4O4S/c1-15(2,3)24-14(21)19-9-6-16(7-10-19)13-12(17-11-18-13)5-8-20(16)25(4,22)23/h11H,5-10H2,1-4H3,(H,17,18). The Morgan fingerprint density at radius 2 is 1.92 bits per heavy atom. The van der Waals surface area contributed by atoms with Crippen molar-refractivity contribution >= 4 is 16.1 Å². The number of nitrogens with zero attached hydrogens (tertiary/aromatic N) is 3. The van der Waals surface area contributed by atoms with E-state index in [0.29, 0.717) is 38.9 Å². The largest absolute Gasteiger partial charge is 0.444 e. The highest BCUT2D eigenvalue weighted by atomic mass is 32.2. The lowest BCUT2D eigenvalue weighted by Crippen LogP contribution is -2.58. The molecule has 0 atom stereocenters. The van der Waals surface area contributed by atoms with E-state index in [1.807, 2.05) is 20.8 Å². The predicted molar refractivity (Wildman–Crippen MR) is 92.6 cm³/mol. The topological polar surface area (TPSA) is 95.6 Å². The summed E-state index contributed by atoms with van der Waals surface area (Å²) in [6, 6.07) is 0. The van der Waals surface area contributed by atoms with Crippen LogP contribution < -0.4 is 0 Å². The lowest BCUT2D eigenvalue weighted by Gasteiger charge is -2.49. The zero-order valence-electron chi connectivity index (χ0n) is 15.2. The highest BCUT2D eigenvalue weighted by Crippen LogP contribution is 2.43. The van der Waals surface area contributed by atoms with E-state index in [-0.39, 0.29) is 6.09 Å². The number of ether oxygens (including phenoxy) is 1. The van der Waals surface area contributed by atoms with Gasteiger partial charge in [0.15, 0.2) is 0 Å². The van der Waals surface area contributed by atoms with Crippen molar-refractivity contribution in [2.75, 3.05) is 25.9 Å². The molecule has 2 aliphatic rings. The van der Waals surface area contributed by atoms with Gasteiger partial charge in [-0.15, -0.1) is 0 Å². The van der Waals surface area contributed by atoms with E-state index >= 15 is 0 Å². The first-order valence-corrected chi connectivity index (χ1v) is 10.4. The molecule has 1 saturated heterocycles. The number of carbonyl (C=O) groups is 1. The fourth-order valence-corrected chi connectivity index (χ4v) is 5.14. The van der Waals surface area contributed by atoms with Crippen LogP contribution in [0.15, 0.2) is 6.33 Å². The first-order chi connectivity index (χ1) is 11.5. The fourth-order valence-electron chi connectivity index (χ4n) is 3.81. The fraction of sp³-hybridized carbons (Fsp3) is 0.750. The molecule has 1 fully saturated rings. The molecule has 0 saturated carbocycles. The Labute approximate surface area is 148 Å². The van der Waals surface area contributed by atoms with E-state index in [0.717, 1.165) is 11.4 Å². The molecule has 0 aromatic carbocycles. The Hall–Kier alpha value is -1.61. The van der Waals surface area contributed by atoms with Crippen molar-refractivity contribution in [3.8, 4) is 0 Å². The van der Waals surface area contributed by atoms with Gasteiger partial charge in [-0.05, 0) is 33.6 Å². The average molecular weight is 370 g/mol. The van der Waals surface area contributed by atoms with Gasteiger partial charge in [0, 0.05) is 31.7 Å². The molecule has 25 heavy (non-hydrogen) atoms. The Morgan fingerprint density at radius 1 is 1.28 bits per heavy atom. The number of nitrogens with one attached hydrogen (secondary N) is 1. The summed E-state index contributed by atoms with van der Waals surface area (Å²) >= 11 is 0. The van der Waals surface area contributed by atoms with Gasteiger partial charge in [-0.3, -0.25) is 0 Å². The van der Waals surface area contributed by atoms with E-state index < -0.39 is 21.2 Å². The molecule has 2 aliphatic heterocycles. The molecule has 3 rings (SSSR count). The number of fused-ring (bicyclic) bond motifs is 2. The van der Waals surface area contributed by atoms with Crippen LogP contribution in [0.3, 0.4) is 0 Å². The predicted octanol–water partition coefficient (Wildman–Crippen LogP) is 1.45. The molecule has 140 valence electrons. The van der Waals surface area contributed by atoms with Crippen LogP contribution in [0.1, 0.15) is 45.0 Å². The monoisotopic (exact) mass is 370 g/mol. The van der Waals surface area contributed by atoms with Gasteiger partial charge >= 0.3 is 6.09 Å². The number of imidazole rings is 1. The number of sulfonamides is 1. The van der Waals surface area contributed by atoms with Crippen molar-refractivity contribution in [3.05, 3.63) is 17.7 Å². The number of hydrogen-bond acceptors (Lipinski definition) is 5. The lowest BCUT2D eigenvalue weighted by molar-refractivity contribution is 0.00486. The van der Waals surface area contributed by atoms with Crippen LogP contribution >= 0.6 is 0 Å². The van der Waals surface area contributed by atoms with Gasteiger partial charge < -0.3 is 14.6 Å². The Morgan fingerprint density at radius 3 is 2.48 bits per heavy atom. The number of aromatic amines is 1. The van der Waals surface area contributed by atoms with E-state index in [2.05, 4.69) is 9.97 Å². The maximum absolute atomic E-state index is 12.4. The Balaban J connectivity index is 1.85. The summed E-state index contributed by atoms with van der Waals surface area (Å²) in [6.45, 7) is 6.80. The molecule has 1 N–H and O–H groups in total. The van der Waals surface area contributed by atoms with Crippen molar-refractivity contribution in [2.24, 2.45) is 0 Å². The van der Waals surface area contributed by atoms with Crippen LogP contribution in [-0.2, 0) is 26.7 Å². The normalized spacial score (nSPS) is 21.2. The second-order valence-corrected chi connectivity index (χ2v) is 9.72. The second kappa shape index (κ2) is 5.98. The molecule has 0 unspecified atom stereocenters. The third-order valence-corrected chi connectivity index (χ3v) is 6.18. The summed E-state index contributed by atoms with van der Waals surface area (Å²) in [5.41, 5.74) is 0.559. The maximum Gasteiger partial charge on any atom is 0.410 e. The second-order valence-electron chi connectivity index (χ2n) is 7.81. The third kappa shape index (κ3) is 3.39. The van der Waals surface area contributed by atoms with Gasteiger partial charge in [0.2, 0.25) is 10.0 Å². The molecule has 1 amide bonds. The van der Waals surface area contributed by atoms with Crippen molar-refractivity contribution in [1.82, 2.24) is 19.2 Å². The highest BCUT2D eigenvalue weighted by molar-refractivity contribution is 7.88. The van der Waals surface area contributed by atoms with E-state index in [9.17, 15) is 13.2 Å². The quantitative estimate of drug-likeness (QED) is 0.807. The van der Waals surface area contributed by atoms with E-state index in [1.54, 1.807) is 15.5 Å². The first-order valence-electron chi connectivity index (χ1n) is 8.51. The smallest absolute Gasteiger partial charge is 0.410 e. The lowest BCUT2D eigenvalue weighted by atomic mass is 9.80. The van der Waals surface area contributed by atoms with Crippen LogP contribution in [0.2, 0.25) is 0 Å². The van der Waals surface area contributed by atoms with Crippen molar-refractivity contribution < 1.29 is 17.9 Å². The van der Waals surface area contributed by atoms with Gasteiger partial charge in [-0.25, -0.2) is 18.2 Å². The van der Waals surface area contributed by atoms with Gasteiger partial charge in [-0.2, -0.15) is 4.31 Å². The number of rotatable bonds is 1. The molecule has 3 heterocycles. The minimum Gasteiger partial charge on any atom is -0.444 e. The number of likely N-dealkylation sites (tertiary alicyclic amines) is 1. The minimum absolute atomic E-state index is 0.355. The zero-order chi connectivity index (χ0) is 18.5.